The maximum Gasteiger partial charge on any atom is 0.229 e. The van der Waals surface area contributed by atoms with Crippen molar-refractivity contribution in [1.29, 1.82) is 0 Å². The predicted molar refractivity (Wildman–Crippen MR) is 69.7 cm³/mol. The maximum absolute atomic E-state index is 11.7. The van der Waals surface area contributed by atoms with Gasteiger partial charge in [-0.15, -0.1) is 0 Å². The Labute approximate surface area is 109 Å². The number of anilines is 1. The molecule has 0 aliphatic carbocycles. The van der Waals surface area contributed by atoms with Crippen LogP contribution in [-0.2, 0) is 11.2 Å². The number of halogens is 1. The highest BCUT2D eigenvalue weighted by Crippen LogP contribution is 2.14. The number of phenolic OH excluding ortho intramolecular Hbond substituents is 1. The van der Waals surface area contributed by atoms with Crippen molar-refractivity contribution < 1.29 is 9.90 Å². The Hall–Kier alpha value is -2.07. The molecule has 0 saturated carbocycles. The van der Waals surface area contributed by atoms with Crippen LogP contribution in [0.2, 0.25) is 5.02 Å². The van der Waals surface area contributed by atoms with Crippen molar-refractivity contribution in [1.82, 2.24) is 4.98 Å². The minimum Gasteiger partial charge on any atom is -0.508 e. The summed E-state index contributed by atoms with van der Waals surface area (Å²) in [5.74, 6) is 0.337. The average Bonchev–Trinajstić information content (AvgIpc) is 2.28. The number of amides is 1. The second kappa shape index (κ2) is 5.51. The molecule has 0 aliphatic heterocycles. The van der Waals surface area contributed by atoms with Crippen LogP contribution in [0.1, 0.15) is 5.56 Å². The topological polar surface area (TPSA) is 62.2 Å². The largest absolute Gasteiger partial charge is 0.508 e. The molecule has 2 rings (SSSR count). The van der Waals surface area contributed by atoms with Crippen molar-refractivity contribution in [3.05, 3.63) is 53.2 Å². The van der Waals surface area contributed by atoms with Crippen LogP contribution in [0, 0.1) is 0 Å². The van der Waals surface area contributed by atoms with Crippen molar-refractivity contribution >= 4 is 23.3 Å². The summed E-state index contributed by atoms with van der Waals surface area (Å²) in [6.45, 7) is 0. The van der Waals surface area contributed by atoms with Gasteiger partial charge in [-0.1, -0.05) is 23.7 Å². The van der Waals surface area contributed by atoms with E-state index in [9.17, 15) is 9.90 Å². The number of hydrogen-bond acceptors (Lipinski definition) is 3. The second-order valence-corrected chi connectivity index (χ2v) is 4.19. The van der Waals surface area contributed by atoms with Crippen molar-refractivity contribution in [3.63, 3.8) is 0 Å². The van der Waals surface area contributed by atoms with Gasteiger partial charge in [0.05, 0.1) is 6.42 Å². The highest BCUT2D eigenvalue weighted by molar-refractivity contribution is 6.30. The van der Waals surface area contributed by atoms with E-state index in [0.717, 1.165) is 5.56 Å². The van der Waals surface area contributed by atoms with E-state index in [1.165, 1.54) is 6.20 Å². The summed E-state index contributed by atoms with van der Waals surface area (Å²) in [6.07, 6.45) is 1.69. The Balaban J connectivity index is 2.01. The van der Waals surface area contributed by atoms with Gasteiger partial charge in [0, 0.05) is 11.2 Å². The number of aromatic nitrogens is 1. The minimum absolute atomic E-state index is 0.140. The summed E-state index contributed by atoms with van der Waals surface area (Å²) >= 11 is 5.78. The number of nitrogens with one attached hydrogen (secondary N) is 1. The van der Waals surface area contributed by atoms with Gasteiger partial charge in [0.15, 0.2) is 0 Å². The zero-order valence-corrected chi connectivity index (χ0v) is 10.2. The van der Waals surface area contributed by atoms with E-state index < -0.39 is 0 Å². The lowest BCUT2D eigenvalue weighted by atomic mass is 10.1. The number of carbonyl (C=O) groups excluding carboxylic acids is 1. The molecule has 1 amide bonds. The van der Waals surface area contributed by atoms with Gasteiger partial charge in [0.2, 0.25) is 5.91 Å². The van der Waals surface area contributed by atoms with E-state index in [2.05, 4.69) is 10.3 Å². The van der Waals surface area contributed by atoms with Gasteiger partial charge in [-0.2, -0.15) is 0 Å². The molecule has 2 N–H and O–H groups in total. The highest BCUT2D eigenvalue weighted by Gasteiger charge is 2.05. The van der Waals surface area contributed by atoms with E-state index in [-0.39, 0.29) is 18.1 Å². The molecule has 0 aliphatic rings. The SMILES string of the molecule is O=C(Cc1cccc(O)c1)Nc1cc(Cl)ccn1. The number of nitrogens with zero attached hydrogens (tertiary/aromatic N) is 1. The summed E-state index contributed by atoms with van der Waals surface area (Å²) in [5.41, 5.74) is 0.731. The fourth-order valence-corrected chi connectivity index (χ4v) is 1.67. The van der Waals surface area contributed by atoms with Crippen LogP contribution in [0.5, 0.6) is 5.75 Å². The van der Waals surface area contributed by atoms with Crippen LogP contribution in [0.3, 0.4) is 0 Å². The Morgan fingerprint density at radius 2 is 2.17 bits per heavy atom. The van der Waals surface area contributed by atoms with Crippen molar-refractivity contribution in [2.75, 3.05) is 5.32 Å². The number of carbonyl (C=O) groups is 1. The fraction of sp³-hybridized carbons (Fsp3) is 0.0769. The number of rotatable bonds is 3. The molecule has 0 atom stereocenters. The van der Waals surface area contributed by atoms with Gasteiger partial charge in [-0.25, -0.2) is 4.98 Å². The number of phenols is 1. The smallest absolute Gasteiger partial charge is 0.229 e. The zero-order chi connectivity index (χ0) is 13.0. The van der Waals surface area contributed by atoms with Gasteiger partial charge in [-0.3, -0.25) is 4.79 Å². The molecule has 5 heteroatoms. The number of aromatic hydroxyl groups is 1. The molecular weight excluding hydrogens is 252 g/mol. The summed E-state index contributed by atoms with van der Waals surface area (Å²) in [5, 5.41) is 12.4. The predicted octanol–water partition coefficient (Wildman–Crippen LogP) is 2.62. The second-order valence-electron chi connectivity index (χ2n) is 3.75. The van der Waals surface area contributed by atoms with Crippen LogP contribution >= 0.6 is 11.6 Å². The molecule has 2 aromatic rings. The third-order valence-electron chi connectivity index (χ3n) is 2.26. The third kappa shape index (κ3) is 3.46. The molecule has 1 heterocycles. The first-order chi connectivity index (χ1) is 8.63. The first kappa shape index (κ1) is 12.4. The quantitative estimate of drug-likeness (QED) is 0.894. The molecule has 0 fully saturated rings. The maximum atomic E-state index is 11.7. The van der Waals surface area contributed by atoms with E-state index in [1.54, 1.807) is 36.4 Å². The number of hydrogen-bond donors (Lipinski definition) is 2. The molecule has 92 valence electrons. The monoisotopic (exact) mass is 262 g/mol. The first-order valence-electron chi connectivity index (χ1n) is 5.33. The number of benzene rings is 1. The molecule has 4 nitrogen and oxygen atoms in total. The normalized spacial score (nSPS) is 10.1. The van der Waals surface area contributed by atoms with E-state index >= 15 is 0 Å². The molecule has 18 heavy (non-hydrogen) atoms. The molecule has 0 radical (unpaired) electrons. The lowest BCUT2D eigenvalue weighted by molar-refractivity contribution is -0.115. The van der Waals surface area contributed by atoms with Gasteiger partial charge >= 0.3 is 0 Å². The molecule has 0 unspecified atom stereocenters. The van der Waals surface area contributed by atoms with Gasteiger partial charge < -0.3 is 10.4 Å². The van der Waals surface area contributed by atoms with E-state index in [1.807, 2.05) is 0 Å². The standard InChI is InChI=1S/C13H11ClN2O2/c14-10-4-5-15-12(8-10)16-13(18)7-9-2-1-3-11(17)6-9/h1-6,8,17H,7H2,(H,15,16,18). The van der Waals surface area contributed by atoms with Crippen LogP contribution < -0.4 is 5.32 Å². The Morgan fingerprint density at radius 1 is 1.33 bits per heavy atom. The van der Waals surface area contributed by atoms with Gasteiger partial charge in [0.1, 0.15) is 11.6 Å². The summed E-state index contributed by atoms with van der Waals surface area (Å²) in [6, 6.07) is 9.76. The van der Waals surface area contributed by atoms with E-state index in [4.69, 9.17) is 11.6 Å². The molecule has 1 aromatic heterocycles. The molecule has 0 bridgehead atoms. The van der Waals surface area contributed by atoms with E-state index in [0.29, 0.717) is 10.8 Å². The molecular formula is C13H11ClN2O2. The lowest BCUT2D eigenvalue weighted by Crippen LogP contribution is -2.15. The van der Waals surface area contributed by atoms with Crippen molar-refractivity contribution in [2.24, 2.45) is 0 Å². The van der Waals surface area contributed by atoms with Crippen molar-refractivity contribution in [2.45, 2.75) is 6.42 Å². The Kier molecular flexibility index (Phi) is 3.79. The Morgan fingerprint density at radius 3 is 2.89 bits per heavy atom. The molecule has 1 aromatic carbocycles. The summed E-state index contributed by atoms with van der Waals surface area (Å²) in [4.78, 5) is 15.7. The van der Waals surface area contributed by atoms with Crippen LogP contribution in [0.25, 0.3) is 0 Å². The zero-order valence-electron chi connectivity index (χ0n) is 9.43. The third-order valence-corrected chi connectivity index (χ3v) is 2.50. The highest BCUT2D eigenvalue weighted by atomic mass is 35.5. The molecule has 0 saturated heterocycles. The van der Waals surface area contributed by atoms with Gasteiger partial charge in [0.25, 0.3) is 0 Å². The fourth-order valence-electron chi connectivity index (χ4n) is 1.51. The first-order valence-corrected chi connectivity index (χ1v) is 5.70. The molecule has 0 spiro atoms. The van der Waals surface area contributed by atoms with Crippen LogP contribution in [0.4, 0.5) is 5.82 Å². The lowest BCUT2D eigenvalue weighted by Gasteiger charge is -2.05. The van der Waals surface area contributed by atoms with Crippen LogP contribution in [0.15, 0.2) is 42.6 Å². The summed E-state index contributed by atoms with van der Waals surface area (Å²) in [7, 11) is 0. The van der Waals surface area contributed by atoms with Gasteiger partial charge in [-0.05, 0) is 29.8 Å². The Bertz CT molecular complexity index is 523. The average molecular weight is 263 g/mol. The number of pyridine rings is 1. The van der Waals surface area contributed by atoms with Crippen molar-refractivity contribution in [3.8, 4) is 5.75 Å². The minimum atomic E-state index is -0.213. The van der Waals surface area contributed by atoms with Crippen LogP contribution in [-0.4, -0.2) is 16.0 Å². The summed E-state index contributed by atoms with van der Waals surface area (Å²) < 4.78 is 0.